The highest BCUT2D eigenvalue weighted by Crippen LogP contribution is 2.25. The molecule has 0 radical (unpaired) electrons. The fourth-order valence-electron chi connectivity index (χ4n) is 1.41. The Bertz CT molecular complexity index is 450. The molecule has 4 N–H and O–H groups in total. The standard InChI is InChI=1S/C11H14BrN3OS/c1-6(11(16)14-2)15-8-5-3-4-7(12)9(8)10(13)17/h3-6,15H,1-2H3,(H2,13,17)(H,14,16). The zero-order chi connectivity index (χ0) is 13.0. The number of carbonyl (C=O) groups is 1. The number of anilines is 1. The van der Waals surface area contributed by atoms with Gasteiger partial charge in [-0.1, -0.05) is 18.3 Å². The molecule has 0 aliphatic rings. The number of thiocarbonyl (C=S) groups is 1. The third kappa shape index (κ3) is 3.41. The maximum absolute atomic E-state index is 11.4. The van der Waals surface area contributed by atoms with E-state index in [0.29, 0.717) is 5.56 Å². The normalized spacial score (nSPS) is 11.7. The minimum atomic E-state index is -0.359. The van der Waals surface area contributed by atoms with E-state index in [1.54, 1.807) is 14.0 Å². The van der Waals surface area contributed by atoms with Gasteiger partial charge in [-0.2, -0.15) is 0 Å². The van der Waals surface area contributed by atoms with Gasteiger partial charge in [0.05, 0.1) is 0 Å². The number of hydrogen-bond donors (Lipinski definition) is 3. The Kier molecular flexibility index (Phi) is 4.89. The molecule has 0 aliphatic carbocycles. The lowest BCUT2D eigenvalue weighted by Crippen LogP contribution is -2.35. The molecule has 0 fully saturated rings. The molecule has 17 heavy (non-hydrogen) atoms. The molecule has 6 heteroatoms. The Balaban J connectivity index is 3.02. The van der Waals surface area contributed by atoms with E-state index in [0.717, 1.165) is 10.2 Å². The molecule has 92 valence electrons. The van der Waals surface area contributed by atoms with Crippen molar-refractivity contribution in [1.82, 2.24) is 5.32 Å². The Morgan fingerprint density at radius 1 is 1.53 bits per heavy atom. The molecule has 1 atom stereocenters. The van der Waals surface area contributed by atoms with Crippen molar-refractivity contribution in [3.8, 4) is 0 Å². The molecule has 1 amide bonds. The first-order valence-corrected chi connectivity index (χ1v) is 6.24. The minimum Gasteiger partial charge on any atom is -0.389 e. The zero-order valence-electron chi connectivity index (χ0n) is 9.58. The van der Waals surface area contributed by atoms with Gasteiger partial charge in [-0.3, -0.25) is 4.79 Å². The molecule has 0 spiro atoms. The van der Waals surface area contributed by atoms with E-state index < -0.39 is 0 Å². The van der Waals surface area contributed by atoms with Crippen LogP contribution in [0.4, 0.5) is 5.69 Å². The van der Waals surface area contributed by atoms with E-state index >= 15 is 0 Å². The summed E-state index contributed by atoms with van der Waals surface area (Å²) >= 11 is 8.37. The van der Waals surface area contributed by atoms with Gasteiger partial charge < -0.3 is 16.4 Å². The molecule has 1 aromatic carbocycles. The van der Waals surface area contributed by atoms with Gasteiger partial charge in [0.2, 0.25) is 5.91 Å². The van der Waals surface area contributed by atoms with E-state index in [1.807, 2.05) is 18.2 Å². The average Bonchev–Trinajstić information content (AvgIpc) is 2.27. The first-order valence-electron chi connectivity index (χ1n) is 5.03. The molecule has 0 saturated heterocycles. The van der Waals surface area contributed by atoms with E-state index in [9.17, 15) is 4.79 Å². The molecule has 1 aromatic rings. The predicted molar refractivity (Wildman–Crippen MR) is 77.2 cm³/mol. The quantitative estimate of drug-likeness (QED) is 0.739. The zero-order valence-corrected chi connectivity index (χ0v) is 12.0. The third-order valence-electron chi connectivity index (χ3n) is 2.27. The molecule has 0 bridgehead atoms. The van der Waals surface area contributed by atoms with Crippen LogP contribution in [0.1, 0.15) is 12.5 Å². The second-order valence-electron chi connectivity index (χ2n) is 3.51. The largest absolute Gasteiger partial charge is 0.389 e. The number of carbonyl (C=O) groups excluding carboxylic acids is 1. The van der Waals surface area contributed by atoms with Crippen molar-refractivity contribution in [2.45, 2.75) is 13.0 Å². The Morgan fingerprint density at radius 2 is 2.18 bits per heavy atom. The highest BCUT2D eigenvalue weighted by molar-refractivity contribution is 9.10. The first-order chi connectivity index (χ1) is 7.97. The maximum Gasteiger partial charge on any atom is 0.241 e. The second-order valence-corrected chi connectivity index (χ2v) is 4.80. The summed E-state index contributed by atoms with van der Waals surface area (Å²) in [5.74, 6) is -0.0983. The minimum absolute atomic E-state index is 0.0983. The van der Waals surface area contributed by atoms with Crippen molar-refractivity contribution in [2.24, 2.45) is 5.73 Å². The summed E-state index contributed by atoms with van der Waals surface area (Å²) < 4.78 is 0.805. The first kappa shape index (κ1) is 13.9. The second kappa shape index (κ2) is 5.97. The highest BCUT2D eigenvalue weighted by atomic mass is 79.9. The summed E-state index contributed by atoms with van der Waals surface area (Å²) in [6.07, 6.45) is 0. The number of benzene rings is 1. The number of amides is 1. The van der Waals surface area contributed by atoms with Crippen molar-refractivity contribution in [3.05, 3.63) is 28.2 Å². The van der Waals surface area contributed by atoms with Gasteiger partial charge in [0.15, 0.2) is 0 Å². The number of halogens is 1. The van der Waals surface area contributed by atoms with Gasteiger partial charge in [0, 0.05) is 22.8 Å². The maximum atomic E-state index is 11.4. The summed E-state index contributed by atoms with van der Waals surface area (Å²) in [7, 11) is 1.59. The summed E-state index contributed by atoms with van der Waals surface area (Å²) in [5, 5.41) is 5.64. The van der Waals surface area contributed by atoms with Gasteiger partial charge in [-0.05, 0) is 35.0 Å². The fraction of sp³-hybridized carbons (Fsp3) is 0.273. The van der Waals surface area contributed by atoms with Crippen LogP contribution >= 0.6 is 28.1 Å². The van der Waals surface area contributed by atoms with Gasteiger partial charge in [-0.15, -0.1) is 0 Å². The van der Waals surface area contributed by atoms with Gasteiger partial charge in [0.25, 0.3) is 0 Å². The molecule has 1 rings (SSSR count). The smallest absolute Gasteiger partial charge is 0.241 e. The molecule has 1 unspecified atom stereocenters. The van der Waals surface area contributed by atoms with Gasteiger partial charge in [0.1, 0.15) is 11.0 Å². The lowest BCUT2D eigenvalue weighted by Gasteiger charge is -2.17. The lowest BCUT2D eigenvalue weighted by atomic mass is 10.1. The molecule has 0 aliphatic heterocycles. The van der Waals surface area contributed by atoms with Crippen molar-refractivity contribution in [2.75, 3.05) is 12.4 Å². The van der Waals surface area contributed by atoms with Crippen molar-refractivity contribution in [3.63, 3.8) is 0 Å². The van der Waals surface area contributed by atoms with Crippen LogP contribution in [0.25, 0.3) is 0 Å². The molecule has 0 heterocycles. The number of likely N-dealkylation sites (N-methyl/N-ethyl adjacent to an activating group) is 1. The van der Waals surface area contributed by atoms with Crippen LogP contribution in [0.2, 0.25) is 0 Å². The Morgan fingerprint density at radius 3 is 2.71 bits per heavy atom. The third-order valence-corrected chi connectivity index (χ3v) is 3.14. The van der Waals surface area contributed by atoms with Gasteiger partial charge in [-0.25, -0.2) is 0 Å². The monoisotopic (exact) mass is 315 g/mol. The van der Waals surface area contributed by atoms with Crippen molar-refractivity contribution in [1.29, 1.82) is 0 Å². The van der Waals surface area contributed by atoms with Crippen LogP contribution in [0.15, 0.2) is 22.7 Å². The van der Waals surface area contributed by atoms with Crippen LogP contribution in [-0.2, 0) is 4.79 Å². The molecule has 0 saturated carbocycles. The van der Waals surface area contributed by atoms with Crippen LogP contribution in [0, 0.1) is 0 Å². The van der Waals surface area contributed by atoms with Crippen LogP contribution in [0.3, 0.4) is 0 Å². The number of nitrogens with one attached hydrogen (secondary N) is 2. The fourth-order valence-corrected chi connectivity index (χ4v) is 2.34. The van der Waals surface area contributed by atoms with Crippen LogP contribution in [0.5, 0.6) is 0 Å². The van der Waals surface area contributed by atoms with Crippen molar-refractivity contribution < 1.29 is 4.79 Å². The lowest BCUT2D eigenvalue weighted by molar-refractivity contribution is -0.121. The molecular formula is C11H14BrN3OS. The Hall–Kier alpha value is -1.14. The summed E-state index contributed by atoms with van der Waals surface area (Å²) in [5.41, 5.74) is 7.11. The summed E-state index contributed by atoms with van der Waals surface area (Å²) in [4.78, 5) is 11.7. The molecule has 4 nitrogen and oxygen atoms in total. The highest BCUT2D eigenvalue weighted by Gasteiger charge is 2.15. The van der Waals surface area contributed by atoms with Gasteiger partial charge >= 0.3 is 0 Å². The number of nitrogens with two attached hydrogens (primary N) is 1. The number of hydrogen-bond acceptors (Lipinski definition) is 3. The summed E-state index contributed by atoms with van der Waals surface area (Å²) in [6, 6.07) is 5.18. The van der Waals surface area contributed by atoms with Crippen LogP contribution < -0.4 is 16.4 Å². The summed E-state index contributed by atoms with van der Waals surface area (Å²) in [6.45, 7) is 1.77. The van der Waals surface area contributed by atoms with Crippen molar-refractivity contribution >= 4 is 44.7 Å². The van der Waals surface area contributed by atoms with E-state index in [-0.39, 0.29) is 16.9 Å². The van der Waals surface area contributed by atoms with E-state index in [2.05, 4.69) is 26.6 Å². The van der Waals surface area contributed by atoms with E-state index in [4.69, 9.17) is 18.0 Å². The number of rotatable bonds is 4. The predicted octanol–water partition coefficient (Wildman–Crippen LogP) is 1.63. The topological polar surface area (TPSA) is 67.2 Å². The molecule has 0 aromatic heterocycles. The SMILES string of the molecule is CNC(=O)C(C)Nc1cccc(Br)c1C(N)=S. The van der Waals surface area contributed by atoms with Crippen LogP contribution in [-0.4, -0.2) is 24.0 Å². The molecular weight excluding hydrogens is 302 g/mol. The Labute approximate surface area is 114 Å². The van der Waals surface area contributed by atoms with E-state index in [1.165, 1.54) is 0 Å². The average molecular weight is 316 g/mol.